The molecular formula is C22H22N4O. The molecule has 5 nitrogen and oxygen atoms in total. The number of carbonyl (C=O) groups excluding carboxylic acids is 1. The molecule has 0 bridgehead atoms. The number of anilines is 2. The van der Waals surface area contributed by atoms with E-state index >= 15 is 0 Å². The highest BCUT2D eigenvalue weighted by molar-refractivity contribution is 6.05. The Morgan fingerprint density at radius 2 is 1.67 bits per heavy atom. The minimum Gasteiger partial charge on any atom is -0.355 e. The number of carbonyl (C=O) groups is 1. The lowest BCUT2D eigenvalue weighted by atomic mass is 10.1. The number of hydrogen-bond acceptors (Lipinski definition) is 4. The van der Waals surface area contributed by atoms with Crippen LogP contribution in [0.3, 0.4) is 0 Å². The number of nitrogens with one attached hydrogen (secondary N) is 1. The van der Waals surface area contributed by atoms with Gasteiger partial charge >= 0.3 is 0 Å². The number of aryl methyl sites for hydroxylation is 1. The van der Waals surface area contributed by atoms with Crippen LogP contribution < -0.4 is 10.2 Å². The smallest absolute Gasteiger partial charge is 0.255 e. The lowest BCUT2D eigenvalue weighted by molar-refractivity contribution is 0.102. The Kier molecular flexibility index (Phi) is 4.83. The standard InChI is InChI=1S/C22H22N4O/c1-16-6-2-3-7-19(16)22(27)23-18-10-8-17(9-11-18)20-12-13-21(25-24-20)26-14-4-5-15-26/h2-3,6-13H,4-5,14-15H2,1H3,(H,23,27). The second kappa shape index (κ2) is 7.58. The van der Waals surface area contributed by atoms with Gasteiger partial charge in [-0.3, -0.25) is 4.79 Å². The van der Waals surface area contributed by atoms with E-state index in [1.807, 2.05) is 67.6 Å². The molecule has 1 fully saturated rings. The van der Waals surface area contributed by atoms with Crippen LogP contribution in [-0.2, 0) is 0 Å². The molecule has 1 aromatic heterocycles. The fraction of sp³-hybridized carbons (Fsp3) is 0.227. The summed E-state index contributed by atoms with van der Waals surface area (Å²) in [6.07, 6.45) is 2.44. The first kappa shape index (κ1) is 17.2. The van der Waals surface area contributed by atoms with Gasteiger partial charge in [0, 0.05) is 29.9 Å². The summed E-state index contributed by atoms with van der Waals surface area (Å²) in [6.45, 7) is 4.05. The summed E-state index contributed by atoms with van der Waals surface area (Å²) < 4.78 is 0. The second-order valence-corrected chi connectivity index (χ2v) is 6.82. The van der Waals surface area contributed by atoms with E-state index in [0.29, 0.717) is 5.56 Å². The molecule has 3 aromatic rings. The monoisotopic (exact) mass is 358 g/mol. The third kappa shape index (κ3) is 3.82. The summed E-state index contributed by atoms with van der Waals surface area (Å²) in [5.41, 5.74) is 4.21. The molecule has 0 atom stereocenters. The maximum Gasteiger partial charge on any atom is 0.255 e. The maximum absolute atomic E-state index is 12.4. The van der Waals surface area contributed by atoms with Crippen LogP contribution in [0.5, 0.6) is 0 Å². The maximum atomic E-state index is 12.4. The zero-order chi connectivity index (χ0) is 18.6. The molecule has 27 heavy (non-hydrogen) atoms. The molecule has 1 N–H and O–H groups in total. The number of rotatable bonds is 4. The molecule has 0 unspecified atom stereocenters. The summed E-state index contributed by atoms with van der Waals surface area (Å²) in [5, 5.41) is 11.7. The highest BCUT2D eigenvalue weighted by Crippen LogP contribution is 2.22. The van der Waals surface area contributed by atoms with Gasteiger partial charge in [0.05, 0.1) is 5.69 Å². The summed E-state index contributed by atoms with van der Waals surface area (Å²) >= 11 is 0. The van der Waals surface area contributed by atoms with Crippen LogP contribution in [0.4, 0.5) is 11.5 Å². The van der Waals surface area contributed by atoms with E-state index in [-0.39, 0.29) is 5.91 Å². The molecule has 1 aliphatic rings. The molecule has 1 amide bonds. The highest BCUT2D eigenvalue weighted by Gasteiger charge is 2.14. The van der Waals surface area contributed by atoms with E-state index in [9.17, 15) is 4.79 Å². The van der Waals surface area contributed by atoms with Crippen LogP contribution in [0.15, 0.2) is 60.7 Å². The van der Waals surface area contributed by atoms with Crippen molar-refractivity contribution in [1.29, 1.82) is 0 Å². The number of benzene rings is 2. The van der Waals surface area contributed by atoms with Gasteiger partial charge in [-0.25, -0.2) is 0 Å². The van der Waals surface area contributed by atoms with E-state index in [0.717, 1.165) is 41.4 Å². The average molecular weight is 358 g/mol. The second-order valence-electron chi connectivity index (χ2n) is 6.82. The van der Waals surface area contributed by atoms with Crippen LogP contribution in [0.25, 0.3) is 11.3 Å². The van der Waals surface area contributed by atoms with Gasteiger partial charge in [0.25, 0.3) is 5.91 Å². The molecule has 5 heteroatoms. The molecule has 4 rings (SSSR count). The normalized spacial score (nSPS) is 13.6. The topological polar surface area (TPSA) is 58.1 Å². The zero-order valence-corrected chi connectivity index (χ0v) is 15.4. The lowest BCUT2D eigenvalue weighted by Gasteiger charge is -2.15. The van der Waals surface area contributed by atoms with E-state index in [1.165, 1.54) is 12.8 Å². The largest absolute Gasteiger partial charge is 0.355 e. The summed E-state index contributed by atoms with van der Waals surface area (Å²) in [5.74, 6) is 0.842. The van der Waals surface area contributed by atoms with Crippen molar-refractivity contribution in [1.82, 2.24) is 10.2 Å². The summed E-state index contributed by atoms with van der Waals surface area (Å²) in [4.78, 5) is 14.7. The van der Waals surface area contributed by atoms with E-state index in [2.05, 4.69) is 20.4 Å². The van der Waals surface area contributed by atoms with Crippen LogP contribution in [0.1, 0.15) is 28.8 Å². The van der Waals surface area contributed by atoms with Gasteiger partial charge in [0.1, 0.15) is 0 Å². The van der Waals surface area contributed by atoms with Crippen molar-refractivity contribution in [3.8, 4) is 11.3 Å². The first-order chi connectivity index (χ1) is 13.2. The molecule has 0 aliphatic carbocycles. The Bertz CT molecular complexity index is 929. The van der Waals surface area contributed by atoms with Crippen LogP contribution in [0, 0.1) is 6.92 Å². The molecule has 1 aliphatic heterocycles. The predicted octanol–water partition coefficient (Wildman–Crippen LogP) is 4.30. The van der Waals surface area contributed by atoms with Crippen LogP contribution >= 0.6 is 0 Å². The highest BCUT2D eigenvalue weighted by atomic mass is 16.1. The van der Waals surface area contributed by atoms with Gasteiger partial charge in [0.2, 0.25) is 0 Å². The first-order valence-corrected chi connectivity index (χ1v) is 9.27. The summed E-state index contributed by atoms with van der Waals surface area (Å²) in [7, 11) is 0. The van der Waals surface area contributed by atoms with Crippen LogP contribution in [0.2, 0.25) is 0 Å². The Morgan fingerprint density at radius 1 is 0.926 bits per heavy atom. The van der Waals surface area contributed by atoms with Gasteiger partial charge in [0.15, 0.2) is 5.82 Å². The Labute approximate surface area is 159 Å². The number of nitrogens with zero attached hydrogens (tertiary/aromatic N) is 3. The molecule has 2 heterocycles. The fourth-order valence-electron chi connectivity index (χ4n) is 3.34. The molecule has 1 saturated heterocycles. The van der Waals surface area contributed by atoms with Crippen molar-refractivity contribution < 1.29 is 4.79 Å². The van der Waals surface area contributed by atoms with Crippen molar-refractivity contribution in [2.45, 2.75) is 19.8 Å². The van der Waals surface area contributed by atoms with Gasteiger partial charge in [-0.15, -0.1) is 10.2 Å². The predicted molar refractivity (Wildman–Crippen MR) is 108 cm³/mol. The van der Waals surface area contributed by atoms with E-state index in [4.69, 9.17) is 0 Å². The molecule has 2 aromatic carbocycles. The van der Waals surface area contributed by atoms with Crippen molar-refractivity contribution >= 4 is 17.4 Å². The van der Waals surface area contributed by atoms with Gasteiger partial charge < -0.3 is 10.2 Å². The van der Waals surface area contributed by atoms with E-state index in [1.54, 1.807) is 0 Å². The molecule has 0 radical (unpaired) electrons. The summed E-state index contributed by atoms with van der Waals surface area (Å²) in [6, 6.07) is 19.3. The van der Waals surface area contributed by atoms with Crippen molar-refractivity contribution in [2.75, 3.05) is 23.3 Å². The Hall–Kier alpha value is -3.21. The van der Waals surface area contributed by atoms with Gasteiger partial charge in [-0.1, -0.05) is 30.3 Å². The van der Waals surface area contributed by atoms with Crippen molar-refractivity contribution in [3.63, 3.8) is 0 Å². The molecular weight excluding hydrogens is 336 g/mol. The quantitative estimate of drug-likeness (QED) is 0.755. The first-order valence-electron chi connectivity index (χ1n) is 9.27. The van der Waals surface area contributed by atoms with Crippen molar-refractivity contribution in [3.05, 3.63) is 71.8 Å². The fourth-order valence-corrected chi connectivity index (χ4v) is 3.34. The molecule has 136 valence electrons. The van der Waals surface area contributed by atoms with E-state index < -0.39 is 0 Å². The van der Waals surface area contributed by atoms with Gasteiger partial charge in [-0.05, 0) is 55.7 Å². The third-order valence-electron chi connectivity index (χ3n) is 4.91. The molecule has 0 saturated carbocycles. The van der Waals surface area contributed by atoms with Gasteiger partial charge in [-0.2, -0.15) is 0 Å². The minimum atomic E-state index is -0.101. The van der Waals surface area contributed by atoms with Crippen molar-refractivity contribution in [2.24, 2.45) is 0 Å². The Balaban J connectivity index is 1.45. The number of hydrogen-bond donors (Lipinski definition) is 1. The Morgan fingerprint density at radius 3 is 2.33 bits per heavy atom. The zero-order valence-electron chi connectivity index (χ0n) is 15.4. The third-order valence-corrected chi connectivity index (χ3v) is 4.91. The number of aromatic nitrogens is 2. The minimum absolute atomic E-state index is 0.101. The average Bonchev–Trinajstić information content (AvgIpc) is 3.24. The lowest BCUT2D eigenvalue weighted by Crippen LogP contribution is -2.19. The SMILES string of the molecule is Cc1ccccc1C(=O)Nc1ccc(-c2ccc(N3CCCC3)nn2)cc1. The molecule has 0 spiro atoms. The van der Waals surface area contributed by atoms with Crippen LogP contribution in [-0.4, -0.2) is 29.2 Å². The number of amides is 1.